The molecule has 2 heterocycles. The van der Waals surface area contributed by atoms with Gasteiger partial charge in [-0.1, -0.05) is 11.6 Å². The van der Waals surface area contributed by atoms with E-state index in [-0.39, 0.29) is 11.6 Å². The van der Waals surface area contributed by atoms with Crippen molar-refractivity contribution >= 4 is 29.2 Å². The number of carbonyl (C=O) groups excluding carboxylic acids is 2. The fourth-order valence-electron chi connectivity index (χ4n) is 3.22. The van der Waals surface area contributed by atoms with E-state index >= 15 is 0 Å². The van der Waals surface area contributed by atoms with Gasteiger partial charge in [0.05, 0.1) is 37.7 Å². The number of rotatable bonds is 7. The van der Waals surface area contributed by atoms with Crippen LogP contribution in [0.4, 0.5) is 5.69 Å². The number of aromatic nitrogens is 4. The van der Waals surface area contributed by atoms with E-state index in [1.54, 1.807) is 83.6 Å². The molecule has 0 aliphatic rings. The summed E-state index contributed by atoms with van der Waals surface area (Å²) in [4.78, 5) is 24.4. The molecule has 0 aliphatic carbocycles. The Bertz CT molecular complexity index is 1300. The highest BCUT2D eigenvalue weighted by molar-refractivity contribution is 6.30. The van der Waals surface area contributed by atoms with E-state index in [9.17, 15) is 9.59 Å². The highest BCUT2D eigenvalue weighted by Gasteiger charge is 2.13. The lowest BCUT2D eigenvalue weighted by atomic mass is 10.1. The van der Waals surface area contributed by atoms with Crippen LogP contribution < -0.4 is 10.1 Å². The summed E-state index contributed by atoms with van der Waals surface area (Å²) < 4.78 is 13.3. The maximum absolute atomic E-state index is 12.8. The van der Waals surface area contributed by atoms with Crippen LogP contribution in [0.15, 0.2) is 67.1 Å². The predicted octanol–water partition coefficient (Wildman–Crippen LogP) is 3.82. The number of methoxy groups -OCH3 is 2. The van der Waals surface area contributed by atoms with Gasteiger partial charge in [0, 0.05) is 29.2 Å². The first-order valence-corrected chi connectivity index (χ1v) is 10.3. The molecule has 0 saturated carbocycles. The summed E-state index contributed by atoms with van der Waals surface area (Å²) in [7, 11) is 2.88. The molecule has 2 aromatic carbocycles. The molecule has 4 aromatic rings. The monoisotopic (exact) mass is 465 g/mol. The fourth-order valence-corrected chi connectivity index (χ4v) is 3.38. The van der Waals surface area contributed by atoms with E-state index in [0.717, 1.165) is 11.3 Å². The lowest BCUT2D eigenvalue weighted by Gasteiger charge is -2.12. The third-order valence-corrected chi connectivity index (χ3v) is 5.05. The summed E-state index contributed by atoms with van der Waals surface area (Å²) in [6.07, 6.45) is 4.91. The van der Waals surface area contributed by atoms with Gasteiger partial charge < -0.3 is 14.8 Å². The topological polar surface area (TPSA) is 100 Å². The molecule has 0 atom stereocenters. The first-order valence-electron chi connectivity index (χ1n) is 9.87. The van der Waals surface area contributed by atoms with Gasteiger partial charge in [-0.2, -0.15) is 10.2 Å². The molecule has 0 aliphatic heterocycles. The van der Waals surface area contributed by atoms with E-state index in [1.165, 1.54) is 7.11 Å². The van der Waals surface area contributed by atoms with Gasteiger partial charge in [-0.15, -0.1) is 0 Å². The summed E-state index contributed by atoms with van der Waals surface area (Å²) in [6.45, 7) is 0.406. The minimum atomic E-state index is -0.507. The first-order chi connectivity index (χ1) is 16.0. The van der Waals surface area contributed by atoms with Crippen molar-refractivity contribution in [1.29, 1.82) is 0 Å². The molecular weight excluding hydrogens is 446 g/mol. The molecule has 2 aromatic heterocycles. The molecule has 1 N–H and O–H groups in total. The van der Waals surface area contributed by atoms with Gasteiger partial charge in [-0.05, 0) is 48.5 Å². The van der Waals surface area contributed by atoms with Crippen LogP contribution in [0.5, 0.6) is 5.75 Å². The van der Waals surface area contributed by atoms with E-state index in [1.807, 2.05) is 0 Å². The summed E-state index contributed by atoms with van der Waals surface area (Å²) in [5, 5.41) is 11.8. The average molecular weight is 466 g/mol. The zero-order valence-corrected chi connectivity index (χ0v) is 18.6. The normalized spacial score (nSPS) is 10.6. The predicted molar refractivity (Wildman–Crippen MR) is 122 cm³/mol. The van der Waals surface area contributed by atoms with Gasteiger partial charge in [-0.25, -0.2) is 9.48 Å². The Kier molecular flexibility index (Phi) is 6.41. The Morgan fingerprint density at radius 1 is 1.09 bits per heavy atom. The van der Waals surface area contributed by atoms with Crippen molar-refractivity contribution < 1.29 is 19.1 Å². The Balaban J connectivity index is 1.48. The molecule has 9 nitrogen and oxygen atoms in total. The number of hydrogen-bond donors (Lipinski definition) is 1. The molecule has 0 radical (unpaired) electrons. The SMILES string of the molecule is COC(=O)c1ccn(-c2ccc(NC(=O)c3ccc(OC)c(Cn4cc(Cl)cn4)c3)cc2)n1. The second-order valence-corrected chi connectivity index (χ2v) is 7.46. The van der Waals surface area contributed by atoms with Crippen molar-refractivity contribution in [2.24, 2.45) is 0 Å². The maximum atomic E-state index is 12.8. The van der Waals surface area contributed by atoms with E-state index < -0.39 is 5.97 Å². The van der Waals surface area contributed by atoms with Crippen LogP contribution in [-0.2, 0) is 11.3 Å². The highest BCUT2D eigenvalue weighted by atomic mass is 35.5. The number of ether oxygens (including phenoxy) is 2. The second kappa shape index (κ2) is 9.58. The number of nitrogens with zero attached hydrogens (tertiary/aromatic N) is 4. The fraction of sp³-hybridized carbons (Fsp3) is 0.130. The zero-order valence-electron chi connectivity index (χ0n) is 17.9. The molecule has 168 valence electrons. The summed E-state index contributed by atoms with van der Waals surface area (Å²) in [5.41, 5.74) is 2.82. The number of esters is 1. The molecule has 4 rings (SSSR count). The first kappa shape index (κ1) is 22.1. The Morgan fingerprint density at radius 2 is 1.88 bits per heavy atom. The van der Waals surface area contributed by atoms with E-state index in [0.29, 0.717) is 28.6 Å². The number of nitrogens with one attached hydrogen (secondary N) is 1. The molecular formula is C23H20ClN5O4. The Hall–Kier alpha value is -4.11. The number of halogens is 1. The van der Waals surface area contributed by atoms with Gasteiger partial charge in [0.2, 0.25) is 0 Å². The van der Waals surface area contributed by atoms with Crippen LogP contribution in [0.25, 0.3) is 5.69 Å². The van der Waals surface area contributed by atoms with Crippen LogP contribution in [0.2, 0.25) is 5.02 Å². The molecule has 0 spiro atoms. The van der Waals surface area contributed by atoms with Crippen molar-refractivity contribution in [1.82, 2.24) is 19.6 Å². The Labute approximate surface area is 194 Å². The highest BCUT2D eigenvalue weighted by Crippen LogP contribution is 2.22. The number of anilines is 1. The van der Waals surface area contributed by atoms with Gasteiger partial charge in [0.1, 0.15) is 5.75 Å². The Morgan fingerprint density at radius 3 is 2.55 bits per heavy atom. The second-order valence-electron chi connectivity index (χ2n) is 7.02. The number of carbonyl (C=O) groups is 2. The zero-order chi connectivity index (χ0) is 23.4. The molecule has 1 amide bonds. The van der Waals surface area contributed by atoms with E-state index in [2.05, 4.69) is 20.3 Å². The van der Waals surface area contributed by atoms with Gasteiger partial charge in [0.15, 0.2) is 5.69 Å². The lowest BCUT2D eigenvalue weighted by Crippen LogP contribution is -2.13. The molecule has 10 heteroatoms. The van der Waals surface area contributed by atoms with E-state index in [4.69, 9.17) is 16.3 Å². The van der Waals surface area contributed by atoms with Crippen LogP contribution in [0, 0.1) is 0 Å². The van der Waals surface area contributed by atoms with Gasteiger partial charge in [-0.3, -0.25) is 9.48 Å². The third kappa shape index (κ3) is 5.04. The van der Waals surface area contributed by atoms with Crippen molar-refractivity contribution in [3.8, 4) is 11.4 Å². The number of amides is 1. The summed E-state index contributed by atoms with van der Waals surface area (Å²) >= 11 is 5.94. The van der Waals surface area contributed by atoms with Gasteiger partial charge >= 0.3 is 5.97 Å². The number of benzene rings is 2. The third-order valence-electron chi connectivity index (χ3n) is 4.85. The van der Waals surface area contributed by atoms with Crippen LogP contribution in [0.3, 0.4) is 0 Å². The summed E-state index contributed by atoms with van der Waals surface area (Å²) in [5.74, 6) is -0.127. The smallest absolute Gasteiger partial charge is 0.358 e. The van der Waals surface area contributed by atoms with Gasteiger partial charge in [0.25, 0.3) is 5.91 Å². The minimum absolute atomic E-state index is 0.211. The summed E-state index contributed by atoms with van der Waals surface area (Å²) in [6, 6.07) is 13.8. The van der Waals surface area contributed by atoms with Crippen LogP contribution >= 0.6 is 11.6 Å². The molecule has 0 unspecified atom stereocenters. The lowest BCUT2D eigenvalue weighted by molar-refractivity contribution is 0.0593. The van der Waals surface area contributed by atoms with Crippen LogP contribution in [0.1, 0.15) is 26.4 Å². The molecule has 0 bridgehead atoms. The van der Waals surface area contributed by atoms with Crippen molar-refractivity contribution in [3.63, 3.8) is 0 Å². The van der Waals surface area contributed by atoms with Crippen molar-refractivity contribution in [2.45, 2.75) is 6.54 Å². The molecule has 0 fully saturated rings. The maximum Gasteiger partial charge on any atom is 0.358 e. The number of hydrogen-bond acceptors (Lipinski definition) is 6. The molecule has 33 heavy (non-hydrogen) atoms. The van der Waals surface area contributed by atoms with Crippen molar-refractivity contribution in [2.75, 3.05) is 19.5 Å². The van der Waals surface area contributed by atoms with Crippen LogP contribution in [-0.4, -0.2) is 45.7 Å². The quantitative estimate of drug-likeness (QED) is 0.416. The minimum Gasteiger partial charge on any atom is -0.496 e. The molecule has 0 saturated heterocycles. The van der Waals surface area contributed by atoms with Crippen molar-refractivity contribution in [3.05, 3.63) is 89.0 Å². The average Bonchev–Trinajstić information content (AvgIpc) is 3.48. The standard InChI is InChI=1S/C23H20ClN5O4/c1-32-21-8-3-15(11-16(21)13-28-14-17(24)12-25-28)22(30)26-18-4-6-19(7-5-18)29-10-9-20(27-29)23(31)33-2/h3-12,14H,13H2,1-2H3,(H,26,30). The largest absolute Gasteiger partial charge is 0.496 e.